The van der Waals surface area contributed by atoms with E-state index in [-0.39, 0.29) is 36.3 Å². The Morgan fingerprint density at radius 2 is 2.00 bits per heavy atom. The van der Waals surface area contributed by atoms with E-state index in [1.165, 1.54) is 5.56 Å². The molecule has 132 valence electrons. The first kappa shape index (κ1) is 18.7. The molecule has 0 saturated carbocycles. The molecule has 0 radical (unpaired) electrons. The molecule has 2 unspecified atom stereocenters. The number of hydrogen-bond acceptors (Lipinski definition) is 3. The number of benzene rings is 1. The van der Waals surface area contributed by atoms with Crippen LogP contribution in [-0.4, -0.2) is 53.8 Å². The second-order valence-corrected chi connectivity index (χ2v) is 6.66. The van der Waals surface area contributed by atoms with E-state index >= 15 is 0 Å². The lowest BCUT2D eigenvalue weighted by molar-refractivity contribution is -0.142. The number of hydrogen-bond donors (Lipinski definition) is 1. The summed E-state index contributed by atoms with van der Waals surface area (Å²) in [6, 6.07) is 8.10. The van der Waals surface area contributed by atoms with Gasteiger partial charge in [0.25, 0.3) is 0 Å². The van der Waals surface area contributed by atoms with E-state index in [1.54, 1.807) is 4.90 Å². The van der Waals surface area contributed by atoms with Crippen molar-refractivity contribution in [1.82, 2.24) is 15.1 Å². The van der Waals surface area contributed by atoms with Crippen LogP contribution in [0.5, 0.6) is 0 Å². The van der Waals surface area contributed by atoms with Gasteiger partial charge in [0.05, 0.1) is 0 Å². The number of carbonyl (C=O) groups is 2. The van der Waals surface area contributed by atoms with Crippen molar-refractivity contribution in [1.29, 1.82) is 0 Å². The smallest absolute Gasteiger partial charge is 0.245 e. The minimum atomic E-state index is -0.311. The molecule has 2 amide bonds. The zero-order valence-electron chi connectivity index (χ0n) is 14.3. The Balaban J connectivity index is 0.00000208. The SMILES string of the molecule is Cc1ccc(CN2C(=O)CCC2C(=O)N(C)C2CCNC2)cc1.Cl. The van der Waals surface area contributed by atoms with E-state index in [9.17, 15) is 9.59 Å². The molecule has 2 saturated heterocycles. The van der Waals surface area contributed by atoms with Crippen LogP contribution in [0.4, 0.5) is 0 Å². The number of likely N-dealkylation sites (N-methyl/N-ethyl adjacent to an activating group) is 1. The van der Waals surface area contributed by atoms with Crippen molar-refractivity contribution in [3.05, 3.63) is 35.4 Å². The number of halogens is 1. The van der Waals surface area contributed by atoms with Gasteiger partial charge in [-0.3, -0.25) is 9.59 Å². The van der Waals surface area contributed by atoms with Crippen molar-refractivity contribution in [3.8, 4) is 0 Å². The van der Waals surface area contributed by atoms with Gasteiger partial charge in [-0.25, -0.2) is 0 Å². The summed E-state index contributed by atoms with van der Waals surface area (Å²) in [6.07, 6.45) is 2.09. The fourth-order valence-corrected chi connectivity index (χ4v) is 3.46. The summed E-state index contributed by atoms with van der Waals surface area (Å²) in [7, 11) is 1.87. The molecule has 1 N–H and O–H groups in total. The second-order valence-electron chi connectivity index (χ2n) is 6.66. The van der Waals surface area contributed by atoms with Crippen molar-refractivity contribution in [2.45, 2.75) is 44.8 Å². The first-order valence-corrected chi connectivity index (χ1v) is 8.38. The van der Waals surface area contributed by atoms with E-state index in [1.807, 2.05) is 43.1 Å². The van der Waals surface area contributed by atoms with Crippen LogP contribution in [0.3, 0.4) is 0 Å². The lowest BCUT2D eigenvalue weighted by atomic mass is 10.1. The number of nitrogens with zero attached hydrogens (tertiary/aromatic N) is 2. The highest BCUT2D eigenvalue weighted by Gasteiger charge is 2.39. The molecular formula is C18H26ClN3O2. The van der Waals surface area contributed by atoms with Gasteiger partial charge in [-0.1, -0.05) is 29.8 Å². The first-order chi connectivity index (χ1) is 11.1. The maximum absolute atomic E-state index is 12.8. The highest BCUT2D eigenvalue weighted by atomic mass is 35.5. The summed E-state index contributed by atoms with van der Waals surface area (Å²) < 4.78 is 0. The molecule has 2 aliphatic rings. The molecule has 2 fully saturated rings. The Morgan fingerprint density at radius 1 is 1.29 bits per heavy atom. The molecule has 1 aromatic carbocycles. The predicted molar refractivity (Wildman–Crippen MR) is 96.0 cm³/mol. The summed E-state index contributed by atoms with van der Waals surface area (Å²) in [4.78, 5) is 28.7. The average molecular weight is 352 g/mol. The molecule has 3 rings (SSSR count). The summed E-state index contributed by atoms with van der Waals surface area (Å²) in [5, 5.41) is 3.29. The third-order valence-corrected chi connectivity index (χ3v) is 5.02. The molecule has 0 aromatic heterocycles. The molecular weight excluding hydrogens is 326 g/mol. The quantitative estimate of drug-likeness (QED) is 0.898. The Morgan fingerprint density at radius 3 is 2.62 bits per heavy atom. The molecule has 2 heterocycles. The number of aryl methyl sites for hydroxylation is 1. The summed E-state index contributed by atoms with van der Waals surface area (Å²) in [5.74, 6) is 0.165. The van der Waals surface area contributed by atoms with Crippen LogP contribution in [0.2, 0.25) is 0 Å². The monoisotopic (exact) mass is 351 g/mol. The van der Waals surface area contributed by atoms with Gasteiger partial charge in [0.1, 0.15) is 6.04 Å². The zero-order valence-corrected chi connectivity index (χ0v) is 15.1. The molecule has 0 aliphatic carbocycles. The molecule has 5 nitrogen and oxygen atoms in total. The summed E-state index contributed by atoms with van der Waals surface area (Å²) in [5.41, 5.74) is 2.27. The van der Waals surface area contributed by atoms with E-state index in [2.05, 4.69) is 5.32 Å². The number of likely N-dealkylation sites (tertiary alicyclic amines) is 1. The first-order valence-electron chi connectivity index (χ1n) is 8.38. The number of rotatable bonds is 4. The number of amides is 2. The fraction of sp³-hybridized carbons (Fsp3) is 0.556. The largest absolute Gasteiger partial charge is 0.340 e. The molecule has 2 aliphatic heterocycles. The lowest BCUT2D eigenvalue weighted by Gasteiger charge is -2.31. The van der Waals surface area contributed by atoms with Crippen LogP contribution in [0, 0.1) is 6.92 Å². The van der Waals surface area contributed by atoms with E-state index < -0.39 is 0 Å². The summed E-state index contributed by atoms with van der Waals surface area (Å²) in [6.45, 7) is 4.37. The maximum atomic E-state index is 12.8. The van der Waals surface area contributed by atoms with Gasteiger partial charge >= 0.3 is 0 Å². The van der Waals surface area contributed by atoms with Crippen molar-refractivity contribution in [3.63, 3.8) is 0 Å². The van der Waals surface area contributed by atoms with Crippen LogP contribution in [0.15, 0.2) is 24.3 Å². The van der Waals surface area contributed by atoms with Crippen LogP contribution < -0.4 is 5.32 Å². The Bertz CT molecular complexity index is 584. The topological polar surface area (TPSA) is 52.7 Å². The molecule has 1 aromatic rings. The lowest BCUT2D eigenvalue weighted by Crippen LogP contribution is -2.49. The standard InChI is InChI=1S/C18H25N3O2.ClH/c1-13-3-5-14(6-4-13)12-21-16(7-8-17(21)22)18(23)20(2)15-9-10-19-11-15;/h3-6,15-16,19H,7-12H2,1-2H3;1H. The van der Waals surface area contributed by atoms with Crippen LogP contribution >= 0.6 is 12.4 Å². The van der Waals surface area contributed by atoms with Gasteiger partial charge in [-0.05, 0) is 31.9 Å². The molecule has 0 bridgehead atoms. The second kappa shape index (κ2) is 7.99. The fourth-order valence-electron chi connectivity index (χ4n) is 3.46. The minimum Gasteiger partial charge on any atom is -0.340 e. The van der Waals surface area contributed by atoms with Gasteiger partial charge in [-0.2, -0.15) is 0 Å². The third kappa shape index (κ3) is 3.90. The molecule has 24 heavy (non-hydrogen) atoms. The predicted octanol–water partition coefficient (Wildman–Crippen LogP) is 1.73. The Labute approximate surface area is 149 Å². The van der Waals surface area contributed by atoms with Gasteiger partial charge in [0.15, 0.2) is 0 Å². The Kier molecular flexibility index (Phi) is 6.24. The van der Waals surface area contributed by atoms with Crippen molar-refractivity contribution in [2.24, 2.45) is 0 Å². The van der Waals surface area contributed by atoms with E-state index in [4.69, 9.17) is 0 Å². The maximum Gasteiger partial charge on any atom is 0.245 e. The van der Waals surface area contributed by atoms with Gasteiger partial charge in [-0.15, -0.1) is 12.4 Å². The van der Waals surface area contributed by atoms with E-state index in [0.717, 1.165) is 25.1 Å². The number of carbonyl (C=O) groups excluding carboxylic acids is 2. The highest BCUT2D eigenvalue weighted by Crippen LogP contribution is 2.24. The van der Waals surface area contributed by atoms with Gasteiger partial charge in [0, 0.05) is 32.6 Å². The average Bonchev–Trinajstić information content (AvgIpc) is 3.19. The van der Waals surface area contributed by atoms with Gasteiger partial charge in [0.2, 0.25) is 11.8 Å². The molecule has 0 spiro atoms. The molecule has 2 atom stereocenters. The summed E-state index contributed by atoms with van der Waals surface area (Å²) >= 11 is 0. The van der Waals surface area contributed by atoms with Gasteiger partial charge < -0.3 is 15.1 Å². The van der Waals surface area contributed by atoms with Crippen molar-refractivity contribution >= 4 is 24.2 Å². The van der Waals surface area contributed by atoms with Crippen LogP contribution in [0.25, 0.3) is 0 Å². The normalized spacial score (nSPS) is 23.2. The van der Waals surface area contributed by atoms with E-state index in [0.29, 0.717) is 19.4 Å². The number of nitrogens with one attached hydrogen (secondary N) is 1. The highest BCUT2D eigenvalue weighted by molar-refractivity contribution is 5.91. The Hall–Kier alpha value is -1.59. The molecule has 6 heteroatoms. The van der Waals surface area contributed by atoms with Crippen LogP contribution in [-0.2, 0) is 16.1 Å². The minimum absolute atomic E-state index is 0. The van der Waals surface area contributed by atoms with Crippen LogP contribution in [0.1, 0.15) is 30.4 Å². The van der Waals surface area contributed by atoms with Crippen molar-refractivity contribution in [2.75, 3.05) is 20.1 Å². The van der Waals surface area contributed by atoms with Crippen molar-refractivity contribution < 1.29 is 9.59 Å². The zero-order chi connectivity index (χ0) is 16.4. The third-order valence-electron chi connectivity index (χ3n) is 5.02.